The topological polar surface area (TPSA) is 75.3 Å². The molecule has 2 aromatic carbocycles. The average molecular weight is 427 g/mol. The van der Waals surface area contributed by atoms with E-state index >= 15 is 0 Å². The normalized spacial score (nSPS) is 14.1. The van der Waals surface area contributed by atoms with E-state index in [0.717, 1.165) is 24.0 Å². The number of hydrogen-bond donors (Lipinski definition) is 2. The number of hydrogen-bond acceptors (Lipinski definition) is 3. The van der Waals surface area contributed by atoms with Crippen LogP contribution in [0.15, 0.2) is 47.4 Å². The molecule has 1 saturated carbocycles. The Morgan fingerprint density at radius 3 is 2.41 bits per heavy atom. The van der Waals surface area contributed by atoms with Gasteiger partial charge in [-0.15, -0.1) is 0 Å². The molecule has 0 spiro atoms. The minimum absolute atomic E-state index is 0.0764. The van der Waals surface area contributed by atoms with Crippen molar-refractivity contribution in [3.63, 3.8) is 0 Å². The van der Waals surface area contributed by atoms with E-state index in [1.165, 1.54) is 0 Å². The highest BCUT2D eigenvalue weighted by molar-refractivity contribution is 7.89. The molecule has 144 valence electrons. The first kappa shape index (κ1) is 20.1. The summed E-state index contributed by atoms with van der Waals surface area (Å²) in [6, 6.07) is 11.8. The Labute approximate surface area is 169 Å². The molecule has 0 aromatic heterocycles. The maximum atomic E-state index is 12.1. The van der Waals surface area contributed by atoms with Gasteiger partial charge in [-0.1, -0.05) is 41.4 Å². The molecule has 1 aliphatic rings. The molecule has 0 unspecified atom stereocenters. The second kappa shape index (κ2) is 8.61. The molecule has 5 nitrogen and oxygen atoms in total. The number of carbonyl (C=O) groups excluding carboxylic acids is 1. The molecule has 27 heavy (non-hydrogen) atoms. The maximum Gasteiger partial charge on any atom is 0.240 e. The molecule has 2 N–H and O–H groups in total. The third-order valence-corrected chi connectivity index (χ3v) is 6.39. The highest BCUT2D eigenvalue weighted by atomic mass is 35.5. The van der Waals surface area contributed by atoms with Crippen LogP contribution in [0.1, 0.15) is 30.4 Å². The van der Waals surface area contributed by atoms with Crippen LogP contribution in [0.4, 0.5) is 0 Å². The lowest BCUT2D eigenvalue weighted by Gasteiger charge is -2.08. The van der Waals surface area contributed by atoms with Gasteiger partial charge in [0, 0.05) is 29.1 Å². The van der Waals surface area contributed by atoms with Crippen LogP contribution in [0, 0.1) is 0 Å². The number of amides is 1. The van der Waals surface area contributed by atoms with Crippen molar-refractivity contribution in [2.24, 2.45) is 0 Å². The first-order valence-corrected chi connectivity index (χ1v) is 10.9. The monoisotopic (exact) mass is 426 g/mol. The molecule has 0 atom stereocenters. The van der Waals surface area contributed by atoms with Crippen LogP contribution in [-0.2, 0) is 27.8 Å². The Kier molecular flexibility index (Phi) is 6.42. The van der Waals surface area contributed by atoms with Gasteiger partial charge >= 0.3 is 0 Å². The summed E-state index contributed by atoms with van der Waals surface area (Å²) in [4.78, 5) is 12.3. The number of halogens is 2. The van der Waals surface area contributed by atoms with Crippen molar-refractivity contribution in [3.05, 3.63) is 63.6 Å². The second-order valence-corrected chi connectivity index (χ2v) is 9.11. The average Bonchev–Trinajstić information content (AvgIpc) is 3.43. The van der Waals surface area contributed by atoms with E-state index in [0.29, 0.717) is 29.4 Å². The third kappa shape index (κ3) is 5.94. The van der Waals surface area contributed by atoms with Gasteiger partial charge < -0.3 is 5.32 Å². The van der Waals surface area contributed by atoms with E-state index in [4.69, 9.17) is 23.2 Å². The molecule has 3 rings (SSSR count). The van der Waals surface area contributed by atoms with Crippen molar-refractivity contribution in [3.8, 4) is 0 Å². The van der Waals surface area contributed by atoms with E-state index in [2.05, 4.69) is 10.0 Å². The molecule has 0 radical (unpaired) electrons. The smallest absolute Gasteiger partial charge is 0.240 e. The van der Waals surface area contributed by atoms with E-state index < -0.39 is 10.0 Å². The molecule has 0 bridgehead atoms. The quantitative estimate of drug-likeness (QED) is 0.675. The molecule has 0 saturated heterocycles. The van der Waals surface area contributed by atoms with Crippen molar-refractivity contribution in [2.45, 2.75) is 43.2 Å². The Morgan fingerprint density at radius 1 is 1.07 bits per heavy atom. The van der Waals surface area contributed by atoms with Crippen molar-refractivity contribution in [1.29, 1.82) is 0 Å². The number of sulfonamides is 1. The van der Waals surface area contributed by atoms with Gasteiger partial charge in [0.2, 0.25) is 15.9 Å². The number of carbonyl (C=O) groups is 1. The van der Waals surface area contributed by atoms with Gasteiger partial charge in [0.25, 0.3) is 0 Å². The van der Waals surface area contributed by atoms with Crippen molar-refractivity contribution >= 4 is 39.1 Å². The van der Waals surface area contributed by atoms with E-state index in [1.54, 1.807) is 42.5 Å². The van der Waals surface area contributed by atoms with Gasteiger partial charge in [0.1, 0.15) is 0 Å². The molecule has 0 aliphatic heterocycles. The van der Waals surface area contributed by atoms with Crippen LogP contribution in [-0.4, -0.2) is 20.4 Å². The van der Waals surface area contributed by atoms with Gasteiger partial charge in [-0.05, 0) is 54.7 Å². The molecular formula is C19H20Cl2N2O3S. The predicted octanol–water partition coefficient (Wildman–Crippen LogP) is 3.68. The summed E-state index contributed by atoms with van der Waals surface area (Å²) in [7, 11) is -3.44. The lowest BCUT2D eigenvalue weighted by atomic mass is 10.1. The van der Waals surface area contributed by atoms with Crippen LogP contribution in [0.3, 0.4) is 0 Å². The fourth-order valence-corrected chi connectivity index (χ4v) is 4.31. The zero-order valence-electron chi connectivity index (χ0n) is 14.5. The molecule has 1 fully saturated rings. The van der Waals surface area contributed by atoms with Gasteiger partial charge in [-0.3, -0.25) is 4.79 Å². The van der Waals surface area contributed by atoms with Crippen LogP contribution >= 0.6 is 23.2 Å². The van der Waals surface area contributed by atoms with E-state index in [1.807, 2.05) is 0 Å². The van der Waals surface area contributed by atoms with Crippen LogP contribution in [0.5, 0.6) is 0 Å². The largest absolute Gasteiger partial charge is 0.352 e. The summed E-state index contributed by atoms with van der Waals surface area (Å²) in [5, 5.41) is 3.88. The SMILES string of the molecule is O=C(CCc1ccc(S(=O)(=O)NC2CC2)cc1)NCc1ccc(Cl)cc1Cl. The first-order valence-electron chi connectivity index (χ1n) is 8.65. The molecule has 1 aliphatic carbocycles. The molecule has 2 aromatic rings. The van der Waals surface area contributed by atoms with Gasteiger partial charge in [0.15, 0.2) is 0 Å². The van der Waals surface area contributed by atoms with Crippen molar-refractivity contribution < 1.29 is 13.2 Å². The highest BCUT2D eigenvalue weighted by Gasteiger charge is 2.27. The summed E-state index contributed by atoms with van der Waals surface area (Å²) in [6.07, 6.45) is 2.62. The maximum absolute atomic E-state index is 12.1. The molecule has 1 amide bonds. The first-order chi connectivity index (χ1) is 12.8. The number of aryl methyl sites for hydroxylation is 1. The summed E-state index contributed by atoms with van der Waals surface area (Å²) >= 11 is 11.9. The van der Waals surface area contributed by atoms with Crippen LogP contribution in [0.2, 0.25) is 10.0 Å². The van der Waals surface area contributed by atoms with Gasteiger partial charge in [-0.2, -0.15) is 0 Å². The summed E-state index contributed by atoms with van der Waals surface area (Å²) in [5.41, 5.74) is 1.70. The molecule has 0 heterocycles. The van der Waals surface area contributed by atoms with Gasteiger partial charge in [-0.25, -0.2) is 13.1 Å². The minimum Gasteiger partial charge on any atom is -0.352 e. The van der Waals surface area contributed by atoms with E-state index in [-0.39, 0.29) is 16.8 Å². The van der Waals surface area contributed by atoms with Crippen LogP contribution < -0.4 is 10.0 Å². The van der Waals surface area contributed by atoms with Gasteiger partial charge in [0.05, 0.1) is 4.90 Å². The fraction of sp³-hybridized carbons (Fsp3) is 0.316. The number of nitrogens with one attached hydrogen (secondary N) is 2. The summed E-state index contributed by atoms with van der Waals surface area (Å²) in [5.74, 6) is -0.104. The van der Waals surface area contributed by atoms with Crippen molar-refractivity contribution in [1.82, 2.24) is 10.0 Å². The lowest BCUT2D eigenvalue weighted by Crippen LogP contribution is -2.25. The Hall–Kier alpha value is -1.60. The molecule has 8 heteroatoms. The van der Waals surface area contributed by atoms with Crippen molar-refractivity contribution in [2.75, 3.05) is 0 Å². The zero-order chi connectivity index (χ0) is 19.4. The molecular weight excluding hydrogens is 407 g/mol. The number of rotatable bonds is 8. The zero-order valence-corrected chi connectivity index (χ0v) is 16.9. The predicted molar refractivity (Wildman–Crippen MR) is 106 cm³/mol. The summed E-state index contributed by atoms with van der Waals surface area (Å²) < 4.78 is 26.9. The summed E-state index contributed by atoms with van der Waals surface area (Å²) in [6.45, 7) is 0.332. The van der Waals surface area contributed by atoms with E-state index in [9.17, 15) is 13.2 Å². The standard InChI is InChI=1S/C19H20Cl2N2O3S/c20-15-5-4-14(18(21)11-15)12-22-19(24)10-3-13-1-8-17(9-2-13)27(25,26)23-16-6-7-16/h1-2,4-5,8-9,11,16,23H,3,6-7,10,12H2,(H,22,24). The third-order valence-electron chi connectivity index (χ3n) is 4.26. The Balaban J connectivity index is 1.48. The highest BCUT2D eigenvalue weighted by Crippen LogP contribution is 2.23. The van der Waals surface area contributed by atoms with Crippen LogP contribution in [0.25, 0.3) is 0 Å². The second-order valence-electron chi connectivity index (χ2n) is 6.55. The minimum atomic E-state index is -3.44. The Bertz CT molecular complexity index is 926. The lowest BCUT2D eigenvalue weighted by molar-refractivity contribution is -0.121. The Morgan fingerprint density at radius 2 is 1.78 bits per heavy atom. The number of benzene rings is 2. The fourth-order valence-electron chi connectivity index (χ4n) is 2.53.